The van der Waals surface area contributed by atoms with Gasteiger partial charge < -0.3 is 10.6 Å². The van der Waals surface area contributed by atoms with Gasteiger partial charge in [0.1, 0.15) is 5.82 Å². The fourth-order valence-corrected chi connectivity index (χ4v) is 2.25. The molecule has 0 radical (unpaired) electrons. The van der Waals surface area contributed by atoms with Crippen LogP contribution in [0.1, 0.15) is 38.2 Å². The van der Waals surface area contributed by atoms with E-state index in [1.165, 1.54) is 12.1 Å². The Morgan fingerprint density at radius 3 is 2.84 bits per heavy atom. The third-order valence-electron chi connectivity index (χ3n) is 3.43. The van der Waals surface area contributed by atoms with Crippen LogP contribution in [0.15, 0.2) is 24.3 Å². The molecule has 3 nitrogen and oxygen atoms in total. The lowest BCUT2D eigenvalue weighted by Gasteiger charge is -2.25. The molecule has 1 saturated carbocycles. The van der Waals surface area contributed by atoms with Crippen LogP contribution in [0.3, 0.4) is 0 Å². The molecule has 1 fully saturated rings. The number of halogens is 1. The standard InChI is InChI=1S/C15H21FN2O/c1-2-4-14(17)15(19)18(13-7-8-13)10-11-5-3-6-12(16)9-11/h3,5-6,9,13-14H,2,4,7-8,10,17H2,1H3/t14-/m0/s1. The van der Waals surface area contributed by atoms with E-state index in [2.05, 4.69) is 0 Å². The van der Waals surface area contributed by atoms with Crippen molar-refractivity contribution in [3.63, 3.8) is 0 Å². The molecular formula is C15H21FN2O. The first kappa shape index (κ1) is 14.0. The summed E-state index contributed by atoms with van der Waals surface area (Å²) in [5, 5.41) is 0. The number of carbonyl (C=O) groups excluding carboxylic acids is 1. The van der Waals surface area contributed by atoms with Gasteiger partial charge in [-0.15, -0.1) is 0 Å². The number of nitrogens with two attached hydrogens (primary N) is 1. The number of rotatable bonds is 6. The van der Waals surface area contributed by atoms with Gasteiger partial charge >= 0.3 is 0 Å². The molecule has 0 saturated heterocycles. The average molecular weight is 264 g/mol. The zero-order valence-corrected chi connectivity index (χ0v) is 11.3. The van der Waals surface area contributed by atoms with E-state index in [0.717, 1.165) is 24.8 Å². The summed E-state index contributed by atoms with van der Waals surface area (Å²) in [6, 6.07) is 6.27. The molecule has 1 amide bonds. The Kier molecular flexibility index (Phi) is 4.53. The Morgan fingerprint density at radius 1 is 1.53 bits per heavy atom. The van der Waals surface area contributed by atoms with E-state index in [9.17, 15) is 9.18 Å². The number of carbonyl (C=O) groups is 1. The van der Waals surface area contributed by atoms with Crippen LogP contribution in [0.5, 0.6) is 0 Å². The molecule has 2 rings (SSSR count). The lowest BCUT2D eigenvalue weighted by atomic mass is 10.1. The molecule has 0 heterocycles. The van der Waals surface area contributed by atoms with E-state index >= 15 is 0 Å². The zero-order valence-electron chi connectivity index (χ0n) is 11.3. The first-order chi connectivity index (χ1) is 9.11. The van der Waals surface area contributed by atoms with Gasteiger partial charge in [-0.05, 0) is 37.0 Å². The van der Waals surface area contributed by atoms with Crippen molar-refractivity contribution in [2.45, 2.75) is 51.2 Å². The molecule has 0 spiro atoms. The van der Waals surface area contributed by atoms with Crippen LogP contribution in [0.4, 0.5) is 4.39 Å². The summed E-state index contributed by atoms with van der Waals surface area (Å²) >= 11 is 0. The van der Waals surface area contributed by atoms with Crippen LogP contribution < -0.4 is 5.73 Å². The van der Waals surface area contributed by atoms with E-state index in [4.69, 9.17) is 5.73 Å². The molecule has 1 aromatic carbocycles. The topological polar surface area (TPSA) is 46.3 Å². The Labute approximate surface area is 113 Å². The zero-order chi connectivity index (χ0) is 13.8. The maximum atomic E-state index is 13.2. The van der Waals surface area contributed by atoms with Crippen LogP contribution in [0.2, 0.25) is 0 Å². The van der Waals surface area contributed by atoms with Gasteiger partial charge in [0.05, 0.1) is 6.04 Å². The highest BCUT2D eigenvalue weighted by atomic mass is 19.1. The van der Waals surface area contributed by atoms with Gasteiger partial charge in [-0.2, -0.15) is 0 Å². The maximum absolute atomic E-state index is 13.2. The molecule has 0 unspecified atom stereocenters. The van der Waals surface area contributed by atoms with E-state index in [1.54, 1.807) is 6.07 Å². The summed E-state index contributed by atoms with van der Waals surface area (Å²) in [4.78, 5) is 14.1. The molecular weight excluding hydrogens is 243 g/mol. The van der Waals surface area contributed by atoms with Crippen LogP contribution in [-0.2, 0) is 11.3 Å². The number of hydrogen-bond donors (Lipinski definition) is 1. The molecule has 19 heavy (non-hydrogen) atoms. The smallest absolute Gasteiger partial charge is 0.240 e. The molecule has 104 valence electrons. The third-order valence-corrected chi connectivity index (χ3v) is 3.43. The highest BCUT2D eigenvalue weighted by Crippen LogP contribution is 2.29. The second-order valence-electron chi connectivity index (χ2n) is 5.22. The predicted octanol–water partition coefficient (Wildman–Crippen LogP) is 2.44. The van der Waals surface area contributed by atoms with Crippen molar-refractivity contribution in [2.75, 3.05) is 0 Å². The Hall–Kier alpha value is -1.42. The molecule has 1 aliphatic carbocycles. The van der Waals surface area contributed by atoms with Gasteiger partial charge in [0.2, 0.25) is 5.91 Å². The summed E-state index contributed by atoms with van der Waals surface area (Å²) in [6.45, 7) is 2.47. The minimum absolute atomic E-state index is 0.00592. The van der Waals surface area contributed by atoms with Crippen molar-refractivity contribution in [2.24, 2.45) is 5.73 Å². The van der Waals surface area contributed by atoms with Gasteiger partial charge in [0.15, 0.2) is 0 Å². The fraction of sp³-hybridized carbons (Fsp3) is 0.533. The minimum Gasteiger partial charge on any atom is -0.334 e. The minimum atomic E-state index is -0.431. The van der Waals surface area contributed by atoms with Gasteiger partial charge in [-0.1, -0.05) is 25.5 Å². The lowest BCUT2D eigenvalue weighted by Crippen LogP contribution is -2.44. The van der Waals surface area contributed by atoms with E-state index in [0.29, 0.717) is 19.0 Å². The molecule has 1 atom stereocenters. The quantitative estimate of drug-likeness (QED) is 0.857. The molecule has 0 bridgehead atoms. The second kappa shape index (κ2) is 6.15. The summed E-state index contributed by atoms with van der Waals surface area (Å²) in [5.41, 5.74) is 6.74. The number of amides is 1. The van der Waals surface area contributed by atoms with Crippen molar-refractivity contribution in [3.8, 4) is 0 Å². The lowest BCUT2D eigenvalue weighted by molar-refractivity contribution is -0.134. The molecule has 0 aliphatic heterocycles. The van der Waals surface area contributed by atoms with Gasteiger partial charge in [-0.3, -0.25) is 4.79 Å². The fourth-order valence-electron chi connectivity index (χ4n) is 2.25. The monoisotopic (exact) mass is 264 g/mol. The summed E-state index contributed by atoms with van der Waals surface area (Å²) in [6.07, 6.45) is 3.65. The Morgan fingerprint density at radius 2 is 2.26 bits per heavy atom. The van der Waals surface area contributed by atoms with Crippen molar-refractivity contribution in [1.82, 2.24) is 4.90 Å². The van der Waals surface area contributed by atoms with Crippen LogP contribution in [0.25, 0.3) is 0 Å². The molecule has 4 heteroatoms. The highest BCUT2D eigenvalue weighted by Gasteiger charge is 2.34. The van der Waals surface area contributed by atoms with E-state index in [-0.39, 0.29) is 11.7 Å². The van der Waals surface area contributed by atoms with Crippen LogP contribution in [-0.4, -0.2) is 22.9 Å². The molecule has 1 aromatic rings. The number of hydrogen-bond acceptors (Lipinski definition) is 2. The van der Waals surface area contributed by atoms with Crippen LogP contribution in [0, 0.1) is 5.82 Å². The highest BCUT2D eigenvalue weighted by molar-refractivity contribution is 5.82. The molecule has 1 aliphatic rings. The van der Waals surface area contributed by atoms with Gasteiger partial charge in [0, 0.05) is 12.6 Å². The van der Waals surface area contributed by atoms with Crippen molar-refractivity contribution >= 4 is 5.91 Å². The average Bonchev–Trinajstić information content (AvgIpc) is 3.20. The molecule has 2 N–H and O–H groups in total. The number of benzene rings is 1. The van der Waals surface area contributed by atoms with E-state index in [1.807, 2.05) is 17.9 Å². The predicted molar refractivity (Wildman–Crippen MR) is 72.9 cm³/mol. The SMILES string of the molecule is CCC[C@H](N)C(=O)N(Cc1cccc(F)c1)C1CC1. The normalized spacial score (nSPS) is 16.2. The summed E-state index contributed by atoms with van der Waals surface area (Å²) in [5.74, 6) is -0.271. The first-order valence-corrected chi connectivity index (χ1v) is 6.92. The van der Waals surface area contributed by atoms with Crippen molar-refractivity contribution < 1.29 is 9.18 Å². The Balaban J connectivity index is 2.06. The second-order valence-corrected chi connectivity index (χ2v) is 5.22. The Bertz CT molecular complexity index is 446. The first-order valence-electron chi connectivity index (χ1n) is 6.92. The summed E-state index contributed by atoms with van der Waals surface area (Å²) in [7, 11) is 0. The third kappa shape index (κ3) is 3.77. The van der Waals surface area contributed by atoms with E-state index < -0.39 is 6.04 Å². The largest absolute Gasteiger partial charge is 0.334 e. The van der Waals surface area contributed by atoms with Gasteiger partial charge in [0.25, 0.3) is 0 Å². The van der Waals surface area contributed by atoms with Gasteiger partial charge in [-0.25, -0.2) is 4.39 Å². The maximum Gasteiger partial charge on any atom is 0.240 e. The van der Waals surface area contributed by atoms with Crippen molar-refractivity contribution in [3.05, 3.63) is 35.6 Å². The van der Waals surface area contributed by atoms with Crippen LogP contribution >= 0.6 is 0 Å². The number of nitrogens with zero attached hydrogens (tertiary/aromatic N) is 1. The van der Waals surface area contributed by atoms with Crippen molar-refractivity contribution in [1.29, 1.82) is 0 Å². The molecule has 0 aromatic heterocycles. The summed E-state index contributed by atoms with van der Waals surface area (Å²) < 4.78 is 13.2.